The van der Waals surface area contributed by atoms with Gasteiger partial charge in [-0.2, -0.15) is 0 Å². The Kier molecular flexibility index (Phi) is 8.48. The summed E-state index contributed by atoms with van der Waals surface area (Å²) in [6.45, 7) is 18.4. The maximum absolute atomic E-state index is 3.68. The van der Waals surface area contributed by atoms with Crippen molar-refractivity contribution < 1.29 is 4.57 Å². The summed E-state index contributed by atoms with van der Waals surface area (Å²) in [6, 6.07) is 22.2. The standard InChI is InChI=1S/C33H40BBrN2/c1-21(2)27-14-10-15-28(22(3)4)31(27)36-18-19-37(33(36)34-25-12-9-13-26(35)20-25)32-29(23(5)6)16-11-17-30(32)24(7)8/h9-24H,1-8H3. The molecule has 4 rings (SSSR count). The van der Waals surface area contributed by atoms with Crippen LogP contribution in [0.3, 0.4) is 0 Å². The van der Waals surface area contributed by atoms with Crippen LogP contribution >= 0.6 is 15.9 Å². The van der Waals surface area contributed by atoms with E-state index in [9.17, 15) is 0 Å². The van der Waals surface area contributed by atoms with Crippen molar-refractivity contribution in [3.05, 3.63) is 99.8 Å². The number of halogens is 1. The fourth-order valence-corrected chi connectivity index (χ4v) is 5.66. The molecule has 0 aliphatic heterocycles. The molecule has 2 radical (unpaired) electrons. The van der Waals surface area contributed by atoms with Crippen molar-refractivity contribution in [2.45, 2.75) is 79.1 Å². The minimum atomic E-state index is 0.414. The van der Waals surface area contributed by atoms with Gasteiger partial charge in [-0.15, -0.1) is 13.3 Å². The van der Waals surface area contributed by atoms with Gasteiger partial charge >= 0.3 is 0 Å². The molecule has 2 nitrogen and oxygen atoms in total. The van der Waals surface area contributed by atoms with Gasteiger partial charge in [-0.25, -0.2) is 9.13 Å². The molecule has 0 aliphatic rings. The van der Waals surface area contributed by atoms with E-state index in [1.54, 1.807) is 0 Å². The van der Waals surface area contributed by atoms with Gasteiger partial charge < -0.3 is 0 Å². The number of aromatic nitrogens is 2. The lowest BCUT2D eigenvalue weighted by molar-refractivity contribution is -0.576. The van der Waals surface area contributed by atoms with Crippen LogP contribution in [0.25, 0.3) is 11.4 Å². The van der Waals surface area contributed by atoms with E-state index in [0.717, 1.165) is 10.2 Å². The summed E-state index contributed by atoms with van der Waals surface area (Å²) in [6.07, 6.45) is 4.52. The zero-order chi connectivity index (χ0) is 26.9. The minimum absolute atomic E-state index is 0.414. The second-order valence-corrected chi connectivity index (χ2v) is 12.2. The van der Waals surface area contributed by atoms with Crippen LogP contribution in [0.2, 0.25) is 0 Å². The second-order valence-electron chi connectivity index (χ2n) is 11.3. The average Bonchev–Trinajstić information content (AvgIpc) is 3.25. The van der Waals surface area contributed by atoms with E-state index >= 15 is 0 Å². The predicted molar refractivity (Wildman–Crippen MR) is 163 cm³/mol. The van der Waals surface area contributed by atoms with Crippen molar-refractivity contribution in [1.29, 1.82) is 0 Å². The molecule has 0 spiro atoms. The van der Waals surface area contributed by atoms with Gasteiger partial charge in [0.2, 0.25) is 0 Å². The van der Waals surface area contributed by atoms with E-state index in [0.29, 0.717) is 23.7 Å². The van der Waals surface area contributed by atoms with Crippen molar-refractivity contribution in [2.24, 2.45) is 0 Å². The van der Waals surface area contributed by atoms with Crippen molar-refractivity contribution in [3.63, 3.8) is 0 Å². The Labute approximate surface area is 233 Å². The van der Waals surface area contributed by atoms with Crippen LogP contribution in [-0.4, -0.2) is 11.8 Å². The zero-order valence-electron chi connectivity index (χ0n) is 23.6. The van der Waals surface area contributed by atoms with Gasteiger partial charge in [-0.3, -0.25) is 5.46 Å². The normalized spacial score (nSPS) is 11.9. The van der Waals surface area contributed by atoms with Gasteiger partial charge in [0.1, 0.15) is 23.8 Å². The van der Waals surface area contributed by atoms with E-state index < -0.39 is 0 Å². The molecule has 0 amide bonds. The largest absolute Gasteiger partial charge is 0.266 e. The van der Waals surface area contributed by atoms with E-state index in [2.05, 4.69) is 161 Å². The molecule has 3 aromatic carbocycles. The molecule has 1 aromatic heterocycles. The number of benzene rings is 3. The lowest BCUT2D eigenvalue weighted by atomic mass is 9.68. The average molecular weight is 555 g/mol. The monoisotopic (exact) mass is 554 g/mol. The first-order chi connectivity index (χ1) is 17.6. The van der Waals surface area contributed by atoms with Gasteiger partial charge in [-0.1, -0.05) is 120 Å². The van der Waals surface area contributed by atoms with Crippen LogP contribution in [0.1, 0.15) is 101 Å². The molecular weight excluding hydrogens is 515 g/mol. The molecule has 0 unspecified atom stereocenters. The molecule has 4 heteroatoms. The molecule has 1 heterocycles. The number of para-hydroxylation sites is 2. The van der Waals surface area contributed by atoms with Crippen molar-refractivity contribution in [2.75, 3.05) is 0 Å². The third kappa shape index (κ3) is 5.65. The van der Waals surface area contributed by atoms with Gasteiger partial charge in [0.05, 0.1) is 0 Å². The third-order valence-electron chi connectivity index (χ3n) is 7.17. The summed E-state index contributed by atoms with van der Waals surface area (Å²) in [5.74, 6) is 1.66. The smallest absolute Gasteiger partial charge is 0.135 e. The predicted octanol–water partition coefficient (Wildman–Crippen LogP) is 7.67. The molecule has 4 aromatic rings. The molecule has 37 heavy (non-hydrogen) atoms. The summed E-state index contributed by atoms with van der Waals surface area (Å²) < 4.78 is 5.93. The molecular formula is C33H40BBrN2. The number of hydrogen-bond donors (Lipinski definition) is 0. The first-order valence-electron chi connectivity index (χ1n) is 13.6. The van der Waals surface area contributed by atoms with Gasteiger partial charge in [0, 0.05) is 32.5 Å². The van der Waals surface area contributed by atoms with Gasteiger partial charge in [0.15, 0.2) is 0 Å². The Morgan fingerprint density at radius 3 is 1.65 bits per heavy atom. The van der Waals surface area contributed by atoms with Crippen LogP contribution < -0.4 is 15.8 Å². The van der Waals surface area contributed by atoms with E-state index in [1.165, 1.54) is 39.1 Å². The van der Waals surface area contributed by atoms with Crippen LogP contribution in [0.5, 0.6) is 0 Å². The Hall–Kier alpha value is -2.59. The first-order valence-corrected chi connectivity index (χ1v) is 14.4. The second kappa shape index (κ2) is 11.4. The fourth-order valence-electron chi connectivity index (χ4n) is 5.24. The SMILES string of the molecule is CC(C)c1cccc(C(C)C)c1-n1cc[n+](-c2c(C(C)C)cccc2C(C)C)c1[B-]c1cccc(Br)c1. The summed E-state index contributed by atoms with van der Waals surface area (Å²) in [5.41, 5.74) is 10.4. The topological polar surface area (TPSA) is 8.81 Å². The Morgan fingerprint density at radius 1 is 0.676 bits per heavy atom. The number of nitrogens with zero attached hydrogens (tertiary/aromatic N) is 2. The highest BCUT2D eigenvalue weighted by molar-refractivity contribution is 9.10. The summed E-state index contributed by atoms with van der Waals surface area (Å²) in [4.78, 5) is 0. The van der Waals surface area contributed by atoms with Gasteiger partial charge in [0.25, 0.3) is 0 Å². The molecule has 0 N–H and O–H groups in total. The van der Waals surface area contributed by atoms with Crippen LogP contribution in [0.4, 0.5) is 0 Å². The summed E-state index contributed by atoms with van der Waals surface area (Å²) in [5, 5.41) is 0. The van der Waals surface area contributed by atoms with E-state index in [4.69, 9.17) is 0 Å². The quantitative estimate of drug-likeness (QED) is 0.156. The maximum Gasteiger partial charge on any atom is 0.135 e. The van der Waals surface area contributed by atoms with Crippen molar-refractivity contribution in [3.8, 4) is 11.4 Å². The van der Waals surface area contributed by atoms with Crippen LogP contribution in [0, 0.1) is 0 Å². The van der Waals surface area contributed by atoms with Gasteiger partial charge in [-0.05, 0) is 29.7 Å². The highest BCUT2D eigenvalue weighted by atomic mass is 79.9. The number of imidazole rings is 1. The highest BCUT2D eigenvalue weighted by Gasteiger charge is 2.25. The molecule has 0 bridgehead atoms. The molecule has 0 atom stereocenters. The lowest BCUT2D eigenvalue weighted by Crippen LogP contribution is -2.55. The number of rotatable bonds is 8. The zero-order valence-corrected chi connectivity index (χ0v) is 25.2. The number of hydrogen-bond acceptors (Lipinski definition) is 0. The van der Waals surface area contributed by atoms with Crippen molar-refractivity contribution in [1.82, 2.24) is 4.57 Å². The maximum atomic E-state index is 3.68. The molecule has 0 fully saturated rings. The lowest BCUT2D eigenvalue weighted by Gasteiger charge is -2.24. The third-order valence-corrected chi connectivity index (χ3v) is 7.66. The van der Waals surface area contributed by atoms with Crippen LogP contribution in [-0.2, 0) is 0 Å². The fraction of sp³-hybridized carbons (Fsp3) is 0.364. The van der Waals surface area contributed by atoms with E-state index in [-0.39, 0.29) is 0 Å². The first kappa shape index (κ1) is 27.4. The van der Waals surface area contributed by atoms with Crippen LogP contribution in [0.15, 0.2) is 77.5 Å². The molecule has 0 saturated carbocycles. The van der Waals surface area contributed by atoms with E-state index in [1.807, 2.05) is 0 Å². The Balaban J connectivity index is 2.09. The highest BCUT2D eigenvalue weighted by Crippen LogP contribution is 2.31. The molecule has 0 saturated heterocycles. The molecule has 192 valence electrons. The van der Waals surface area contributed by atoms with Crippen molar-refractivity contribution >= 4 is 34.4 Å². The molecule has 0 aliphatic carbocycles. The Bertz CT molecular complexity index is 1250. The minimum Gasteiger partial charge on any atom is -0.266 e. The summed E-state index contributed by atoms with van der Waals surface area (Å²) >= 11 is 3.68. The summed E-state index contributed by atoms with van der Waals surface area (Å²) in [7, 11) is 2.33. The Morgan fingerprint density at radius 2 is 1.16 bits per heavy atom.